The zero-order valence-electron chi connectivity index (χ0n) is 12.6. The fourth-order valence-corrected chi connectivity index (χ4v) is 3.04. The molecule has 0 radical (unpaired) electrons. The third-order valence-electron chi connectivity index (χ3n) is 4.00. The number of hydrogen-bond acceptors (Lipinski definition) is 3. The van der Waals surface area contributed by atoms with E-state index in [1.165, 1.54) is 5.56 Å². The van der Waals surface area contributed by atoms with Gasteiger partial charge >= 0.3 is 0 Å². The number of hydrogen-bond donors (Lipinski definition) is 1. The molecule has 3 nitrogen and oxygen atoms in total. The fourth-order valence-electron chi connectivity index (χ4n) is 3.04. The van der Waals surface area contributed by atoms with Crippen LogP contribution in [-0.4, -0.2) is 18.9 Å². The quantitative estimate of drug-likeness (QED) is 0.875. The Labute approximate surface area is 124 Å². The second-order valence-electron chi connectivity index (χ2n) is 5.58. The summed E-state index contributed by atoms with van der Waals surface area (Å²) in [6, 6.07) is 11.8. The number of ether oxygens (including phenoxy) is 1. The summed E-state index contributed by atoms with van der Waals surface area (Å²) < 4.78 is 5.42. The Morgan fingerprint density at radius 1 is 1.24 bits per heavy atom. The molecular formula is C18H19NO2. The van der Waals surface area contributed by atoms with Gasteiger partial charge in [-0.2, -0.15) is 0 Å². The van der Waals surface area contributed by atoms with Gasteiger partial charge in [0.05, 0.1) is 18.7 Å². The van der Waals surface area contributed by atoms with Crippen LogP contribution in [-0.2, 0) is 6.42 Å². The Morgan fingerprint density at radius 2 is 2.00 bits per heavy atom. The van der Waals surface area contributed by atoms with Gasteiger partial charge in [-0.1, -0.05) is 24.3 Å². The van der Waals surface area contributed by atoms with Crippen LogP contribution < -0.4 is 10.1 Å². The van der Waals surface area contributed by atoms with Gasteiger partial charge in [0.1, 0.15) is 5.75 Å². The zero-order valence-corrected chi connectivity index (χ0v) is 12.6. The third-order valence-corrected chi connectivity index (χ3v) is 4.00. The number of rotatable bonds is 3. The van der Waals surface area contributed by atoms with E-state index < -0.39 is 0 Å². The molecule has 2 aromatic carbocycles. The molecule has 1 N–H and O–H groups in total. The molecule has 108 valence electrons. The number of anilines is 1. The molecule has 21 heavy (non-hydrogen) atoms. The summed E-state index contributed by atoms with van der Waals surface area (Å²) >= 11 is 0. The van der Waals surface area contributed by atoms with Crippen LogP contribution in [0.25, 0.3) is 0 Å². The molecule has 0 saturated heterocycles. The molecule has 0 spiro atoms. The first-order chi connectivity index (χ1) is 10.1. The number of carbonyl (C=O) groups is 1. The molecule has 0 bridgehead atoms. The van der Waals surface area contributed by atoms with Crippen LogP contribution in [0.2, 0.25) is 0 Å². The lowest BCUT2D eigenvalue weighted by Crippen LogP contribution is -2.28. The van der Waals surface area contributed by atoms with Crippen LogP contribution in [0.4, 0.5) is 5.69 Å². The molecule has 3 heteroatoms. The van der Waals surface area contributed by atoms with E-state index in [4.69, 9.17) is 4.74 Å². The first-order valence-electron chi connectivity index (χ1n) is 7.14. The van der Waals surface area contributed by atoms with Crippen molar-refractivity contribution < 1.29 is 9.53 Å². The molecule has 1 aliphatic rings. The number of aryl methyl sites for hydroxylation is 2. The molecule has 1 unspecified atom stereocenters. The second-order valence-corrected chi connectivity index (χ2v) is 5.58. The topological polar surface area (TPSA) is 38.3 Å². The van der Waals surface area contributed by atoms with Crippen LogP contribution in [0, 0.1) is 13.8 Å². The van der Waals surface area contributed by atoms with Gasteiger partial charge in [-0.25, -0.2) is 0 Å². The van der Waals surface area contributed by atoms with Gasteiger partial charge in [0.15, 0.2) is 5.78 Å². The molecule has 1 heterocycles. The van der Waals surface area contributed by atoms with Crippen molar-refractivity contribution in [1.29, 1.82) is 0 Å². The largest absolute Gasteiger partial charge is 0.496 e. The smallest absolute Gasteiger partial charge is 0.189 e. The summed E-state index contributed by atoms with van der Waals surface area (Å²) in [7, 11) is 1.61. The zero-order chi connectivity index (χ0) is 15.0. The van der Waals surface area contributed by atoms with E-state index in [0.717, 1.165) is 23.2 Å². The molecule has 0 aromatic heterocycles. The minimum atomic E-state index is -0.210. The average molecular weight is 281 g/mol. The molecule has 1 aliphatic heterocycles. The maximum atomic E-state index is 12.9. The van der Waals surface area contributed by atoms with Gasteiger partial charge < -0.3 is 10.1 Å². The number of methoxy groups -OCH3 is 1. The van der Waals surface area contributed by atoms with Gasteiger partial charge in [0.25, 0.3) is 0 Å². The molecule has 0 aliphatic carbocycles. The Balaban J connectivity index is 1.94. The van der Waals surface area contributed by atoms with Crippen molar-refractivity contribution in [2.75, 3.05) is 12.4 Å². The molecule has 0 saturated carbocycles. The lowest BCUT2D eigenvalue weighted by atomic mass is 9.95. The highest BCUT2D eigenvalue weighted by atomic mass is 16.5. The Hall–Kier alpha value is -2.29. The number of Topliss-reactive ketones (excluding diaryl/α,β-unsaturated/α-hetero) is 1. The number of nitrogens with one attached hydrogen (secondary N) is 1. The van der Waals surface area contributed by atoms with Gasteiger partial charge in [0.2, 0.25) is 0 Å². The van der Waals surface area contributed by atoms with Crippen molar-refractivity contribution in [3.8, 4) is 5.75 Å². The predicted octanol–water partition coefficient (Wildman–Crippen LogP) is 3.53. The van der Waals surface area contributed by atoms with Gasteiger partial charge in [-0.3, -0.25) is 4.79 Å². The highest BCUT2D eigenvalue weighted by Gasteiger charge is 2.30. The van der Waals surface area contributed by atoms with E-state index in [1.54, 1.807) is 7.11 Å². The van der Waals surface area contributed by atoms with Crippen molar-refractivity contribution in [2.24, 2.45) is 0 Å². The standard InChI is InChI=1S/C18H19NO2/c1-11-8-12(2)17(16(9-11)21-3)18(20)15-10-13-6-4-5-7-14(13)19-15/h4-9,15,19H,10H2,1-3H3. The first-order valence-corrected chi connectivity index (χ1v) is 7.14. The number of benzene rings is 2. The lowest BCUT2D eigenvalue weighted by Gasteiger charge is -2.16. The average Bonchev–Trinajstić information content (AvgIpc) is 2.89. The van der Waals surface area contributed by atoms with Gasteiger partial charge in [-0.05, 0) is 42.7 Å². The summed E-state index contributed by atoms with van der Waals surface area (Å²) in [5.41, 5.74) is 5.01. The normalized spacial score (nSPS) is 16.2. The van der Waals surface area contributed by atoms with E-state index in [9.17, 15) is 4.79 Å². The summed E-state index contributed by atoms with van der Waals surface area (Å²) in [4.78, 5) is 12.9. The highest BCUT2D eigenvalue weighted by molar-refractivity contribution is 6.06. The number of fused-ring (bicyclic) bond motifs is 1. The lowest BCUT2D eigenvalue weighted by molar-refractivity contribution is 0.0968. The van der Waals surface area contributed by atoms with Crippen LogP contribution in [0.15, 0.2) is 36.4 Å². The third kappa shape index (κ3) is 2.40. The Kier molecular flexibility index (Phi) is 3.42. The molecule has 1 atom stereocenters. The summed E-state index contributed by atoms with van der Waals surface area (Å²) in [6.45, 7) is 3.97. The van der Waals surface area contributed by atoms with Crippen LogP contribution in [0.3, 0.4) is 0 Å². The van der Waals surface area contributed by atoms with Gasteiger partial charge in [-0.15, -0.1) is 0 Å². The van der Waals surface area contributed by atoms with E-state index in [1.807, 2.05) is 44.2 Å². The SMILES string of the molecule is COc1cc(C)cc(C)c1C(=O)C1Cc2ccccc2N1. The fraction of sp³-hybridized carbons (Fsp3) is 0.278. The molecule has 0 fully saturated rings. The summed E-state index contributed by atoms with van der Waals surface area (Å²) in [5, 5.41) is 3.32. The summed E-state index contributed by atoms with van der Waals surface area (Å²) in [5.74, 6) is 0.760. The minimum absolute atomic E-state index is 0.0977. The van der Waals surface area contributed by atoms with Crippen molar-refractivity contribution in [1.82, 2.24) is 0 Å². The minimum Gasteiger partial charge on any atom is -0.496 e. The van der Waals surface area contributed by atoms with E-state index in [2.05, 4.69) is 11.4 Å². The van der Waals surface area contributed by atoms with Crippen molar-refractivity contribution in [3.05, 3.63) is 58.7 Å². The van der Waals surface area contributed by atoms with Crippen LogP contribution >= 0.6 is 0 Å². The predicted molar refractivity (Wildman–Crippen MR) is 84.4 cm³/mol. The van der Waals surface area contributed by atoms with E-state index in [0.29, 0.717) is 11.3 Å². The number of para-hydroxylation sites is 1. The maximum absolute atomic E-state index is 12.9. The monoisotopic (exact) mass is 281 g/mol. The molecule has 0 amide bonds. The van der Waals surface area contributed by atoms with Crippen molar-refractivity contribution in [2.45, 2.75) is 26.3 Å². The molecule has 2 aromatic rings. The van der Waals surface area contributed by atoms with Crippen molar-refractivity contribution >= 4 is 11.5 Å². The second kappa shape index (κ2) is 5.24. The molecule has 3 rings (SSSR count). The first kappa shape index (κ1) is 13.7. The number of ketones is 1. The highest BCUT2D eigenvalue weighted by Crippen LogP contribution is 2.31. The maximum Gasteiger partial charge on any atom is 0.189 e. The van der Waals surface area contributed by atoms with E-state index >= 15 is 0 Å². The van der Waals surface area contributed by atoms with E-state index in [-0.39, 0.29) is 11.8 Å². The number of carbonyl (C=O) groups excluding carboxylic acids is 1. The van der Waals surface area contributed by atoms with Crippen LogP contribution in [0.1, 0.15) is 27.0 Å². The summed E-state index contributed by atoms with van der Waals surface area (Å²) in [6.07, 6.45) is 0.728. The Morgan fingerprint density at radius 3 is 2.71 bits per heavy atom. The van der Waals surface area contributed by atoms with Gasteiger partial charge in [0, 0.05) is 12.1 Å². The Bertz CT molecular complexity index is 681. The van der Waals surface area contributed by atoms with Crippen LogP contribution in [0.5, 0.6) is 5.75 Å². The van der Waals surface area contributed by atoms with Crippen molar-refractivity contribution in [3.63, 3.8) is 0 Å². The molecular weight excluding hydrogens is 262 g/mol.